The van der Waals surface area contributed by atoms with Crippen LogP contribution in [0.4, 0.5) is 0 Å². The van der Waals surface area contributed by atoms with E-state index in [0.29, 0.717) is 6.42 Å². The van der Waals surface area contributed by atoms with Gasteiger partial charge in [-0.3, -0.25) is 4.40 Å². The monoisotopic (exact) mass is 327 g/mol. The molecule has 0 aliphatic heterocycles. The Morgan fingerprint density at radius 3 is 2.52 bits per heavy atom. The van der Waals surface area contributed by atoms with Crippen LogP contribution in [0.15, 0.2) is 40.4 Å². The molecule has 3 nitrogen and oxygen atoms in total. The lowest BCUT2D eigenvalue weighted by Crippen LogP contribution is -1.93. The van der Waals surface area contributed by atoms with E-state index in [1.54, 1.807) is 34.0 Å². The molecule has 0 saturated carbocycles. The van der Waals surface area contributed by atoms with Crippen molar-refractivity contribution < 1.29 is 0 Å². The zero-order valence-electron chi connectivity index (χ0n) is 10.8. The van der Waals surface area contributed by atoms with Gasteiger partial charge in [0.15, 0.2) is 4.96 Å². The highest BCUT2D eigenvalue weighted by atomic mass is 32.1. The lowest BCUT2D eigenvalue weighted by atomic mass is 10.2. The predicted molar refractivity (Wildman–Crippen MR) is 89.0 cm³/mol. The van der Waals surface area contributed by atoms with Gasteiger partial charge in [-0.05, 0) is 22.9 Å². The predicted octanol–water partition coefficient (Wildman–Crippen LogP) is 4.92. The first-order valence-corrected chi connectivity index (χ1v) is 8.96. The van der Waals surface area contributed by atoms with Crippen molar-refractivity contribution in [2.24, 2.45) is 0 Å². The molecular formula is C15H9N3S3. The molecule has 0 atom stereocenters. The number of nitriles is 1. The third-order valence-corrected chi connectivity index (χ3v) is 5.83. The van der Waals surface area contributed by atoms with E-state index in [2.05, 4.69) is 33.4 Å². The molecule has 0 aliphatic carbocycles. The highest BCUT2D eigenvalue weighted by Crippen LogP contribution is 2.36. The molecule has 0 radical (unpaired) electrons. The van der Waals surface area contributed by atoms with E-state index in [0.717, 1.165) is 26.9 Å². The van der Waals surface area contributed by atoms with E-state index in [1.165, 1.54) is 4.88 Å². The van der Waals surface area contributed by atoms with Crippen LogP contribution in [0.25, 0.3) is 26.1 Å². The van der Waals surface area contributed by atoms with Gasteiger partial charge in [-0.1, -0.05) is 12.1 Å². The second kappa shape index (κ2) is 5.11. The van der Waals surface area contributed by atoms with Gasteiger partial charge in [0.1, 0.15) is 5.69 Å². The van der Waals surface area contributed by atoms with Crippen LogP contribution in [0.1, 0.15) is 5.69 Å². The number of nitrogens with zero attached hydrogens (tertiary/aromatic N) is 3. The Hall–Kier alpha value is -1.94. The van der Waals surface area contributed by atoms with Gasteiger partial charge in [0.2, 0.25) is 0 Å². The third-order valence-electron chi connectivity index (χ3n) is 3.23. The Bertz CT molecular complexity index is 921. The first-order valence-electron chi connectivity index (χ1n) is 6.32. The van der Waals surface area contributed by atoms with Gasteiger partial charge in [-0.25, -0.2) is 4.98 Å². The number of rotatable bonds is 3. The molecule has 6 heteroatoms. The van der Waals surface area contributed by atoms with Crippen LogP contribution < -0.4 is 0 Å². The van der Waals surface area contributed by atoms with E-state index in [9.17, 15) is 5.26 Å². The number of aromatic nitrogens is 2. The van der Waals surface area contributed by atoms with E-state index < -0.39 is 0 Å². The fraction of sp³-hybridized carbons (Fsp3) is 0.0667. The number of hydrogen-bond acceptors (Lipinski definition) is 5. The summed E-state index contributed by atoms with van der Waals surface area (Å²) in [4.78, 5) is 8.02. The van der Waals surface area contributed by atoms with Crippen LogP contribution in [-0.4, -0.2) is 9.38 Å². The largest absolute Gasteiger partial charge is 0.285 e. The summed E-state index contributed by atoms with van der Waals surface area (Å²) in [5.74, 6) is 0. The van der Waals surface area contributed by atoms with E-state index in [1.807, 2.05) is 17.5 Å². The normalized spacial score (nSPS) is 11.0. The van der Waals surface area contributed by atoms with Crippen LogP contribution in [0.3, 0.4) is 0 Å². The zero-order valence-corrected chi connectivity index (χ0v) is 13.3. The molecule has 4 heterocycles. The molecule has 0 N–H and O–H groups in total. The Balaban J connectivity index is 2.01. The molecule has 4 aromatic heterocycles. The molecule has 0 saturated heterocycles. The van der Waals surface area contributed by atoms with Crippen LogP contribution in [0.5, 0.6) is 0 Å². The van der Waals surface area contributed by atoms with Gasteiger partial charge in [0, 0.05) is 5.38 Å². The minimum atomic E-state index is 0.365. The highest BCUT2D eigenvalue weighted by molar-refractivity contribution is 7.17. The number of thiophene rings is 2. The Labute approximate surface area is 133 Å². The summed E-state index contributed by atoms with van der Waals surface area (Å²) >= 11 is 4.99. The number of hydrogen-bond donors (Lipinski definition) is 0. The maximum absolute atomic E-state index is 9.20. The Morgan fingerprint density at radius 1 is 1.10 bits per heavy atom. The standard InChI is InChI=1S/C15H9N3S3/c16-6-5-10-14(13-4-2-8-20-13)17-15-18(10)11(9-21-15)12-3-1-7-19-12/h1-4,7-9H,5H2. The minimum absolute atomic E-state index is 0.365. The SMILES string of the molecule is N#CCc1c(-c2cccs2)nc2scc(-c3cccs3)n12. The van der Waals surface area contributed by atoms with Crippen LogP contribution in [0.2, 0.25) is 0 Å². The quantitative estimate of drug-likeness (QED) is 0.536. The number of fused-ring (bicyclic) bond motifs is 1. The van der Waals surface area contributed by atoms with Crippen LogP contribution >= 0.6 is 34.0 Å². The third kappa shape index (κ3) is 2.02. The Kier molecular flexibility index (Phi) is 3.11. The topological polar surface area (TPSA) is 41.1 Å². The lowest BCUT2D eigenvalue weighted by Gasteiger charge is -2.01. The van der Waals surface area contributed by atoms with Crippen molar-refractivity contribution in [3.05, 3.63) is 46.1 Å². The summed E-state index contributed by atoms with van der Waals surface area (Å²) in [7, 11) is 0. The second-order valence-electron chi connectivity index (χ2n) is 4.44. The van der Waals surface area contributed by atoms with Crippen molar-refractivity contribution in [3.8, 4) is 27.2 Å². The van der Waals surface area contributed by atoms with Crippen molar-refractivity contribution in [1.29, 1.82) is 5.26 Å². The molecule has 0 aliphatic rings. The van der Waals surface area contributed by atoms with Gasteiger partial charge >= 0.3 is 0 Å². The highest BCUT2D eigenvalue weighted by Gasteiger charge is 2.19. The maximum Gasteiger partial charge on any atom is 0.195 e. The van der Waals surface area contributed by atoms with E-state index >= 15 is 0 Å². The van der Waals surface area contributed by atoms with Gasteiger partial charge in [0.25, 0.3) is 0 Å². The molecule has 0 amide bonds. The van der Waals surface area contributed by atoms with Crippen molar-refractivity contribution in [1.82, 2.24) is 9.38 Å². The Morgan fingerprint density at radius 2 is 1.86 bits per heavy atom. The second-order valence-corrected chi connectivity index (χ2v) is 7.17. The molecule has 0 aromatic carbocycles. The molecule has 4 aromatic rings. The summed E-state index contributed by atoms with van der Waals surface area (Å²) in [5, 5.41) is 15.4. The molecule has 0 bridgehead atoms. The summed E-state index contributed by atoms with van der Waals surface area (Å²) in [6.07, 6.45) is 0.365. The van der Waals surface area contributed by atoms with Crippen LogP contribution in [0, 0.1) is 11.3 Å². The molecule has 0 spiro atoms. The van der Waals surface area contributed by atoms with Crippen LogP contribution in [-0.2, 0) is 6.42 Å². The minimum Gasteiger partial charge on any atom is -0.285 e. The van der Waals surface area contributed by atoms with Crippen molar-refractivity contribution >= 4 is 39.0 Å². The number of imidazole rings is 1. The van der Waals surface area contributed by atoms with Crippen molar-refractivity contribution in [2.45, 2.75) is 6.42 Å². The first-order chi connectivity index (χ1) is 10.4. The lowest BCUT2D eigenvalue weighted by molar-refractivity contribution is 1.08. The molecule has 0 unspecified atom stereocenters. The summed E-state index contributed by atoms with van der Waals surface area (Å²) in [5.41, 5.74) is 3.06. The first kappa shape index (κ1) is 12.8. The average molecular weight is 327 g/mol. The van der Waals surface area contributed by atoms with Gasteiger partial charge in [-0.2, -0.15) is 5.26 Å². The summed E-state index contributed by atoms with van der Waals surface area (Å²) < 4.78 is 2.13. The van der Waals surface area contributed by atoms with Gasteiger partial charge in [-0.15, -0.1) is 34.0 Å². The summed E-state index contributed by atoms with van der Waals surface area (Å²) in [6, 6.07) is 10.5. The van der Waals surface area contributed by atoms with E-state index in [-0.39, 0.29) is 0 Å². The molecule has 0 fully saturated rings. The summed E-state index contributed by atoms with van der Waals surface area (Å²) in [6.45, 7) is 0. The average Bonchev–Trinajstić information content (AvgIpc) is 3.25. The van der Waals surface area contributed by atoms with E-state index in [4.69, 9.17) is 4.98 Å². The fourth-order valence-corrected chi connectivity index (χ4v) is 4.81. The maximum atomic E-state index is 9.20. The smallest absolute Gasteiger partial charge is 0.195 e. The fourth-order valence-electron chi connectivity index (χ4n) is 2.36. The van der Waals surface area contributed by atoms with Gasteiger partial charge < -0.3 is 0 Å². The van der Waals surface area contributed by atoms with Gasteiger partial charge in [0.05, 0.1) is 33.6 Å². The van der Waals surface area contributed by atoms with Crippen molar-refractivity contribution in [2.75, 3.05) is 0 Å². The molecule has 102 valence electrons. The zero-order chi connectivity index (χ0) is 14.2. The molecule has 21 heavy (non-hydrogen) atoms. The molecular weight excluding hydrogens is 318 g/mol. The number of thiazole rings is 1. The molecule has 4 rings (SSSR count). The van der Waals surface area contributed by atoms with Crippen molar-refractivity contribution in [3.63, 3.8) is 0 Å².